The number of rotatable bonds is 6. The molecule has 1 aromatic carbocycles. The van der Waals surface area contributed by atoms with Crippen molar-refractivity contribution >= 4 is 53.1 Å². The summed E-state index contributed by atoms with van der Waals surface area (Å²) in [6.45, 7) is 6.49. The van der Waals surface area contributed by atoms with Crippen molar-refractivity contribution in [1.29, 1.82) is 0 Å². The summed E-state index contributed by atoms with van der Waals surface area (Å²) < 4.78 is 2.15. The quantitative estimate of drug-likeness (QED) is 0.356. The zero-order valence-electron chi connectivity index (χ0n) is 14.6. The first-order chi connectivity index (χ1) is 11.5. The molecule has 2 N–H and O–H groups in total. The van der Waals surface area contributed by atoms with Crippen LogP contribution in [0.2, 0.25) is 10.0 Å². The highest BCUT2D eigenvalue weighted by atomic mass is 127. The molecule has 0 radical (unpaired) electrons. The van der Waals surface area contributed by atoms with Crippen molar-refractivity contribution in [2.45, 2.75) is 33.5 Å². The van der Waals surface area contributed by atoms with E-state index >= 15 is 0 Å². The third-order valence-electron chi connectivity index (χ3n) is 3.46. The van der Waals surface area contributed by atoms with Gasteiger partial charge in [-0.25, -0.2) is 4.98 Å². The summed E-state index contributed by atoms with van der Waals surface area (Å²) >= 11 is 12.1. The molecule has 2 rings (SSSR count). The van der Waals surface area contributed by atoms with Crippen molar-refractivity contribution in [1.82, 2.24) is 20.2 Å². The summed E-state index contributed by atoms with van der Waals surface area (Å²) in [4.78, 5) is 8.63. The molecule has 138 valence electrons. The van der Waals surface area contributed by atoms with Crippen LogP contribution in [0.4, 0.5) is 0 Å². The van der Waals surface area contributed by atoms with Gasteiger partial charge in [0.1, 0.15) is 5.82 Å². The zero-order chi connectivity index (χ0) is 17.5. The summed E-state index contributed by atoms with van der Waals surface area (Å²) in [5, 5.41) is 7.78. The molecule has 0 amide bonds. The average Bonchev–Trinajstić information content (AvgIpc) is 2.95. The van der Waals surface area contributed by atoms with Crippen molar-refractivity contribution in [3.63, 3.8) is 0 Å². The first-order valence-corrected chi connectivity index (χ1v) is 8.63. The third kappa shape index (κ3) is 7.03. The van der Waals surface area contributed by atoms with E-state index in [9.17, 15) is 0 Å². The highest BCUT2D eigenvalue weighted by Crippen LogP contribution is 2.20. The van der Waals surface area contributed by atoms with Crippen LogP contribution < -0.4 is 10.6 Å². The Morgan fingerprint density at radius 1 is 1.24 bits per heavy atom. The first-order valence-electron chi connectivity index (χ1n) is 7.88. The van der Waals surface area contributed by atoms with Crippen LogP contribution in [0.15, 0.2) is 35.6 Å². The second-order valence-corrected chi connectivity index (χ2v) is 6.75. The molecular formula is C17H24Cl2IN5. The van der Waals surface area contributed by atoms with Crippen molar-refractivity contribution in [2.75, 3.05) is 7.05 Å². The molecule has 0 aliphatic rings. The Morgan fingerprint density at radius 3 is 2.60 bits per heavy atom. The van der Waals surface area contributed by atoms with Gasteiger partial charge in [-0.1, -0.05) is 43.1 Å². The fourth-order valence-electron chi connectivity index (χ4n) is 2.29. The molecule has 0 atom stereocenters. The summed E-state index contributed by atoms with van der Waals surface area (Å²) in [7, 11) is 1.74. The molecule has 2 aromatic rings. The van der Waals surface area contributed by atoms with Gasteiger partial charge in [0, 0.05) is 42.6 Å². The van der Waals surface area contributed by atoms with Crippen molar-refractivity contribution < 1.29 is 0 Å². The molecule has 0 saturated carbocycles. The SMILES string of the molecule is CN=C(NCc1ccc(Cl)cc1Cl)NCc1nccn1CC(C)C.I. The van der Waals surface area contributed by atoms with E-state index in [1.54, 1.807) is 13.1 Å². The second-order valence-electron chi connectivity index (χ2n) is 5.90. The van der Waals surface area contributed by atoms with E-state index in [2.05, 4.69) is 39.0 Å². The molecule has 0 unspecified atom stereocenters. The van der Waals surface area contributed by atoms with E-state index in [1.807, 2.05) is 24.5 Å². The minimum atomic E-state index is 0. The number of aliphatic imine (C=N–C) groups is 1. The molecule has 0 fully saturated rings. The monoisotopic (exact) mass is 495 g/mol. The fourth-order valence-corrected chi connectivity index (χ4v) is 2.77. The number of benzene rings is 1. The van der Waals surface area contributed by atoms with Crippen LogP contribution in [0, 0.1) is 5.92 Å². The number of imidazole rings is 1. The van der Waals surface area contributed by atoms with E-state index < -0.39 is 0 Å². The summed E-state index contributed by atoms with van der Waals surface area (Å²) in [5.74, 6) is 2.25. The zero-order valence-corrected chi connectivity index (χ0v) is 18.4. The normalized spacial score (nSPS) is 11.4. The van der Waals surface area contributed by atoms with E-state index in [4.69, 9.17) is 23.2 Å². The Balaban J connectivity index is 0.00000312. The predicted octanol–water partition coefficient (Wildman–Crippen LogP) is 4.33. The number of hydrogen-bond donors (Lipinski definition) is 2. The molecule has 8 heteroatoms. The standard InChI is InChI=1S/C17H23Cl2N5.HI/c1-12(2)11-24-7-6-21-16(24)10-23-17(20-3)22-9-13-4-5-14(18)8-15(13)19;/h4-8,12H,9-11H2,1-3H3,(H2,20,22,23);1H. The Bertz CT molecular complexity index is 700. The van der Waals surface area contributed by atoms with Gasteiger partial charge in [0.25, 0.3) is 0 Å². The van der Waals surface area contributed by atoms with Crippen LogP contribution in [0.5, 0.6) is 0 Å². The Morgan fingerprint density at radius 2 is 1.96 bits per heavy atom. The van der Waals surface area contributed by atoms with Gasteiger partial charge in [-0.3, -0.25) is 4.99 Å². The molecule has 5 nitrogen and oxygen atoms in total. The van der Waals surface area contributed by atoms with E-state index in [1.165, 1.54) is 0 Å². The molecule has 1 aromatic heterocycles. The molecular weight excluding hydrogens is 472 g/mol. The van der Waals surface area contributed by atoms with Gasteiger partial charge < -0.3 is 15.2 Å². The molecule has 25 heavy (non-hydrogen) atoms. The maximum Gasteiger partial charge on any atom is 0.191 e. The summed E-state index contributed by atoms with van der Waals surface area (Å²) in [6, 6.07) is 5.46. The number of guanidine groups is 1. The van der Waals surface area contributed by atoms with Crippen LogP contribution in [0.1, 0.15) is 25.2 Å². The van der Waals surface area contributed by atoms with E-state index in [-0.39, 0.29) is 24.0 Å². The van der Waals surface area contributed by atoms with Gasteiger partial charge in [-0.05, 0) is 23.6 Å². The molecule has 0 aliphatic heterocycles. The van der Waals surface area contributed by atoms with Gasteiger partial charge >= 0.3 is 0 Å². The van der Waals surface area contributed by atoms with Crippen LogP contribution >= 0.6 is 47.2 Å². The van der Waals surface area contributed by atoms with Gasteiger partial charge in [-0.15, -0.1) is 24.0 Å². The van der Waals surface area contributed by atoms with E-state index in [0.29, 0.717) is 35.0 Å². The molecule has 0 saturated heterocycles. The Kier molecular flexibility index (Phi) is 9.60. The van der Waals surface area contributed by atoms with Gasteiger partial charge in [0.05, 0.1) is 6.54 Å². The highest BCUT2D eigenvalue weighted by Gasteiger charge is 2.07. The average molecular weight is 496 g/mol. The highest BCUT2D eigenvalue weighted by molar-refractivity contribution is 14.0. The van der Waals surface area contributed by atoms with Crippen molar-refractivity contribution in [3.05, 3.63) is 52.0 Å². The maximum atomic E-state index is 6.19. The third-order valence-corrected chi connectivity index (χ3v) is 4.05. The number of nitrogens with one attached hydrogen (secondary N) is 2. The largest absolute Gasteiger partial charge is 0.352 e. The fraction of sp³-hybridized carbons (Fsp3) is 0.412. The minimum Gasteiger partial charge on any atom is -0.352 e. The minimum absolute atomic E-state index is 0. The van der Waals surface area contributed by atoms with Crippen LogP contribution in [0.3, 0.4) is 0 Å². The first kappa shape index (κ1) is 22.1. The molecule has 0 spiro atoms. The van der Waals surface area contributed by atoms with Crippen LogP contribution in [0.25, 0.3) is 0 Å². The molecule has 0 aliphatic carbocycles. The number of aromatic nitrogens is 2. The van der Waals surface area contributed by atoms with Crippen LogP contribution in [-0.2, 0) is 19.6 Å². The van der Waals surface area contributed by atoms with E-state index in [0.717, 1.165) is 17.9 Å². The lowest BCUT2D eigenvalue weighted by Crippen LogP contribution is -2.37. The summed E-state index contributed by atoms with van der Waals surface area (Å²) in [5.41, 5.74) is 0.963. The maximum absolute atomic E-state index is 6.19. The smallest absolute Gasteiger partial charge is 0.191 e. The number of hydrogen-bond acceptors (Lipinski definition) is 2. The lowest BCUT2D eigenvalue weighted by atomic mass is 10.2. The van der Waals surface area contributed by atoms with Gasteiger partial charge in [0.15, 0.2) is 5.96 Å². The lowest BCUT2D eigenvalue weighted by Gasteiger charge is -2.14. The number of nitrogens with zero attached hydrogens (tertiary/aromatic N) is 3. The molecule has 1 heterocycles. The van der Waals surface area contributed by atoms with Gasteiger partial charge in [0.2, 0.25) is 0 Å². The lowest BCUT2D eigenvalue weighted by molar-refractivity contribution is 0.503. The topological polar surface area (TPSA) is 54.2 Å². The van der Waals surface area contributed by atoms with Gasteiger partial charge in [-0.2, -0.15) is 0 Å². The Hall–Kier alpha value is -0.990. The number of halogens is 3. The van der Waals surface area contributed by atoms with Crippen LogP contribution in [-0.4, -0.2) is 22.6 Å². The molecule has 0 bridgehead atoms. The van der Waals surface area contributed by atoms with Crippen molar-refractivity contribution in [2.24, 2.45) is 10.9 Å². The Labute approximate surface area is 176 Å². The summed E-state index contributed by atoms with van der Waals surface area (Å²) in [6.07, 6.45) is 3.82. The van der Waals surface area contributed by atoms with Crippen molar-refractivity contribution in [3.8, 4) is 0 Å². The predicted molar refractivity (Wildman–Crippen MR) is 116 cm³/mol. The second kappa shape index (κ2) is 10.9.